The van der Waals surface area contributed by atoms with Gasteiger partial charge < -0.3 is 0 Å². The van der Waals surface area contributed by atoms with Crippen LogP contribution in [0.4, 0.5) is 0 Å². The third kappa shape index (κ3) is 1.96. The Morgan fingerprint density at radius 1 is 0.857 bits per heavy atom. The van der Waals surface area contributed by atoms with E-state index in [1.165, 1.54) is 6.42 Å². The van der Waals surface area contributed by atoms with E-state index in [4.69, 9.17) is 0 Å². The van der Waals surface area contributed by atoms with Crippen LogP contribution in [-0.4, -0.2) is 31.1 Å². The largest absolute Gasteiger partial charge is 0.216 e. The first-order chi connectivity index (χ1) is 6.71. The fourth-order valence-electron chi connectivity index (χ4n) is 2.52. The van der Waals surface area contributed by atoms with Gasteiger partial charge in [-0.3, -0.25) is 0 Å². The van der Waals surface area contributed by atoms with Gasteiger partial charge in [0.25, 0.3) is 0 Å². The van der Waals surface area contributed by atoms with Crippen LogP contribution in [-0.2, 0) is 10.0 Å². The zero-order chi connectivity index (χ0) is 10.0. The van der Waals surface area contributed by atoms with Crippen molar-refractivity contribution in [3.8, 4) is 0 Å². The lowest BCUT2D eigenvalue weighted by Crippen LogP contribution is -2.40. The molecule has 0 N–H and O–H groups in total. The highest BCUT2D eigenvalue weighted by Crippen LogP contribution is 2.28. The summed E-state index contributed by atoms with van der Waals surface area (Å²) in [7, 11) is -2.93. The predicted octanol–water partition coefficient (Wildman–Crippen LogP) is 1.74. The van der Waals surface area contributed by atoms with Crippen LogP contribution in [0.15, 0.2) is 0 Å². The maximum absolute atomic E-state index is 12.1. The van der Waals surface area contributed by atoms with Crippen LogP contribution in [0.3, 0.4) is 0 Å². The van der Waals surface area contributed by atoms with Crippen molar-refractivity contribution in [1.82, 2.24) is 4.31 Å². The minimum atomic E-state index is -2.93. The van der Waals surface area contributed by atoms with Gasteiger partial charge in [-0.1, -0.05) is 19.3 Å². The van der Waals surface area contributed by atoms with E-state index in [0.29, 0.717) is 0 Å². The number of rotatable bonds is 2. The Balaban J connectivity index is 2.05. The van der Waals surface area contributed by atoms with Crippen molar-refractivity contribution >= 4 is 10.0 Å². The van der Waals surface area contributed by atoms with Crippen molar-refractivity contribution in [2.45, 2.75) is 50.2 Å². The molecule has 0 atom stereocenters. The lowest BCUT2D eigenvalue weighted by atomic mass is 10.2. The topological polar surface area (TPSA) is 37.4 Å². The Bertz CT molecular complexity index is 274. The number of hydrogen-bond acceptors (Lipinski definition) is 2. The second-order valence-electron chi connectivity index (χ2n) is 4.41. The van der Waals surface area contributed by atoms with E-state index in [1.54, 1.807) is 4.31 Å². The van der Waals surface area contributed by atoms with Crippen molar-refractivity contribution in [1.29, 1.82) is 0 Å². The number of nitrogens with zero attached hydrogens (tertiary/aromatic N) is 1. The minimum absolute atomic E-state index is 0.0550. The van der Waals surface area contributed by atoms with Gasteiger partial charge in [-0.15, -0.1) is 0 Å². The average molecular weight is 217 g/mol. The predicted molar refractivity (Wildman–Crippen MR) is 56.6 cm³/mol. The molecule has 0 aromatic rings. The Labute approximate surface area is 86.5 Å². The minimum Gasteiger partial charge on any atom is -0.212 e. The molecule has 0 radical (unpaired) electrons. The SMILES string of the molecule is O=S(=O)(C1CCCC1)N1CCCCC1. The molecule has 2 rings (SSSR count). The first kappa shape index (κ1) is 10.4. The molecule has 14 heavy (non-hydrogen) atoms. The molecule has 4 heteroatoms. The van der Waals surface area contributed by atoms with Crippen molar-refractivity contribution in [2.24, 2.45) is 0 Å². The summed E-state index contributed by atoms with van der Waals surface area (Å²) >= 11 is 0. The summed E-state index contributed by atoms with van der Waals surface area (Å²) in [6.45, 7) is 1.53. The third-order valence-corrected chi connectivity index (χ3v) is 5.80. The van der Waals surface area contributed by atoms with Crippen molar-refractivity contribution in [3.05, 3.63) is 0 Å². The van der Waals surface area contributed by atoms with Gasteiger partial charge in [0.15, 0.2) is 0 Å². The van der Waals surface area contributed by atoms with Crippen molar-refractivity contribution in [2.75, 3.05) is 13.1 Å². The van der Waals surface area contributed by atoms with E-state index < -0.39 is 10.0 Å². The Morgan fingerprint density at radius 3 is 2.00 bits per heavy atom. The molecule has 2 aliphatic rings. The first-order valence-electron chi connectivity index (χ1n) is 5.70. The monoisotopic (exact) mass is 217 g/mol. The van der Waals surface area contributed by atoms with Crippen LogP contribution in [0.5, 0.6) is 0 Å². The van der Waals surface area contributed by atoms with E-state index in [-0.39, 0.29) is 5.25 Å². The molecular formula is C10H19NO2S. The maximum atomic E-state index is 12.1. The van der Waals surface area contributed by atoms with Gasteiger partial charge >= 0.3 is 0 Å². The van der Waals surface area contributed by atoms with Crippen LogP contribution in [0.25, 0.3) is 0 Å². The highest BCUT2D eigenvalue weighted by Gasteiger charge is 2.34. The molecule has 82 valence electrons. The summed E-state index contributed by atoms with van der Waals surface area (Å²) in [6, 6.07) is 0. The Hall–Kier alpha value is -0.0900. The molecule has 1 aliphatic heterocycles. The van der Waals surface area contributed by atoms with E-state index in [1.807, 2.05) is 0 Å². The second-order valence-corrected chi connectivity index (χ2v) is 6.62. The summed E-state index contributed by atoms with van der Waals surface area (Å²) in [5.41, 5.74) is 0. The number of hydrogen-bond donors (Lipinski definition) is 0. The Kier molecular flexibility index (Phi) is 3.12. The summed E-state index contributed by atoms with van der Waals surface area (Å²) in [5, 5.41) is -0.0550. The zero-order valence-electron chi connectivity index (χ0n) is 8.61. The number of sulfonamides is 1. The van der Waals surface area contributed by atoms with Crippen LogP contribution in [0, 0.1) is 0 Å². The normalized spacial score (nSPS) is 26.9. The average Bonchev–Trinajstić information content (AvgIpc) is 2.72. The maximum Gasteiger partial charge on any atom is 0.216 e. The zero-order valence-corrected chi connectivity index (χ0v) is 9.43. The van der Waals surface area contributed by atoms with E-state index in [2.05, 4.69) is 0 Å². The van der Waals surface area contributed by atoms with Gasteiger partial charge in [0.2, 0.25) is 10.0 Å². The van der Waals surface area contributed by atoms with Crippen LogP contribution in [0.2, 0.25) is 0 Å². The van der Waals surface area contributed by atoms with E-state index in [0.717, 1.165) is 51.6 Å². The molecule has 1 saturated carbocycles. The molecule has 0 aromatic heterocycles. The molecule has 0 spiro atoms. The molecule has 0 aromatic carbocycles. The fourth-order valence-corrected chi connectivity index (χ4v) is 4.63. The first-order valence-corrected chi connectivity index (χ1v) is 7.20. The van der Waals surface area contributed by atoms with Gasteiger partial charge in [0.05, 0.1) is 5.25 Å². The summed E-state index contributed by atoms with van der Waals surface area (Å²) < 4.78 is 26.0. The smallest absolute Gasteiger partial charge is 0.212 e. The molecule has 1 heterocycles. The van der Waals surface area contributed by atoms with Gasteiger partial charge in [-0.05, 0) is 25.7 Å². The summed E-state index contributed by atoms with van der Waals surface area (Å²) in [4.78, 5) is 0. The van der Waals surface area contributed by atoms with Gasteiger partial charge in [-0.2, -0.15) is 0 Å². The molecule has 1 saturated heterocycles. The molecule has 0 unspecified atom stereocenters. The molecule has 1 aliphatic carbocycles. The molecule has 0 amide bonds. The van der Waals surface area contributed by atoms with Crippen molar-refractivity contribution in [3.63, 3.8) is 0 Å². The third-order valence-electron chi connectivity index (χ3n) is 3.40. The van der Waals surface area contributed by atoms with Crippen LogP contribution >= 0.6 is 0 Å². The second kappa shape index (κ2) is 4.19. The summed E-state index contributed by atoms with van der Waals surface area (Å²) in [5.74, 6) is 0. The molecular weight excluding hydrogens is 198 g/mol. The molecule has 0 bridgehead atoms. The van der Waals surface area contributed by atoms with E-state index in [9.17, 15) is 8.42 Å². The highest BCUT2D eigenvalue weighted by atomic mass is 32.2. The number of piperidine rings is 1. The lowest BCUT2D eigenvalue weighted by molar-refractivity contribution is 0.342. The highest BCUT2D eigenvalue weighted by molar-refractivity contribution is 7.89. The lowest BCUT2D eigenvalue weighted by Gasteiger charge is -2.28. The van der Waals surface area contributed by atoms with E-state index >= 15 is 0 Å². The summed E-state index contributed by atoms with van der Waals surface area (Å²) in [6.07, 6.45) is 7.25. The van der Waals surface area contributed by atoms with Crippen LogP contribution in [0.1, 0.15) is 44.9 Å². The van der Waals surface area contributed by atoms with Gasteiger partial charge in [0, 0.05) is 13.1 Å². The van der Waals surface area contributed by atoms with Gasteiger partial charge in [0.1, 0.15) is 0 Å². The van der Waals surface area contributed by atoms with Crippen molar-refractivity contribution < 1.29 is 8.42 Å². The van der Waals surface area contributed by atoms with Gasteiger partial charge in [-0.25, -0.2) is 12.7 Å². The standard InChI is InChI=1S/C10H19NO2S/c12-14(13,10-6-2-3-7-10)11-8-4-1-5-9-11/h10H,1-9H2. The molecule has 2 fully saturated rings. The quantitative estimate of drug-likeness (QED) is 0.706. The van der Waals surface area contributed by atoms with Crippen LogP contribution < -0.4 is 0 Å². The Morgan fingerprint density at radius 2 is 1.43 bits per heavy atom. The fraction of sp³-hybridized carbons (Fsp3) is 1.00. The molecule has 3 nitrogen and oxygen atoms in total.